The highest BCUT2D eigenvalue weighted by Crippen LogP contribution is 2.29. The van der Waals surface area contributed by atoms with E-state index in [1.807, 2.05) is 48.6 Å². The molecule has 0 saturated heterocycles. The summed E-state index contributed by atoms with van der Waals surface area (Å²) in [5.41, 5.74) is 3.79. The average molecular weight is 384 g/mol. The molecule has 0 amide bonds. The first-order valence-electron chi connectivity index (χ1n) is 8.72. The monoisotopic (exact) mass is 384 g/mol. The molecule has 0 unspecified atom stereocenters. The van der Waals surface area contributed by atoms with Crippen molar-refractivity contribution in [3.05, 3.63) is 73.0 Å². The van der Waals surface area contributed by atoms with E-state index >= 15 is 0 Å². The highest BCUT2D eigenvalue weighted by Gasteiger charge is 2.11. The maximum atomic E-state index is 5.38. The molecule has 6 heteroatoms. The topological polar surface area (TPSA) is 70.1 Å². The van der Waals surface area contributed by atoms with E-state index in [1.165, 1.54) is 0 Å². The summed E-state index contributed by atoms with van der Waals surface area (Å²) in [6.07, 6.45) is 4.03. The first-order valence-corrected chi connectivity index (χ1v) is 8.72. The Morgan fingerprint density at radius 1 is 0.643 bits per heavy atom. The first-order chi connectivity index (χ1) is 13.6. The summed E-state index contributed by atoms with van der Waals surface area (Å²) in [6.45, 7) is 0. The molecule has 28 heavy (non-hydrogen) atoms. The molecule has 0 atom stereocenters. The molecule has 2 aromatic carbocycles. The Hall–Kier alpha value is -2.96. The molecule has 0 bridgehead atoms. The van der Waals surface area contributed by atoms with Crippen molar-refractivity contribution < 1.29 is 29.6 Å². The van der Waals surface area contributed by atoms with E-state index in [-0.39, 0.29) is 0 Å². The number of nitrogens with two attached hydrogens (primary N) is 2. The smallest absolute Gasteiger partial charge is 0.163 e. The Bertz CT molecular complexity index is 788. The van der Waals surface area contributed by atoms with E-state index in [0.29, 0.717) is 23.0 Å². The SMILES string of the molecule is [CH2-][NH2+]C(=Cc1ccc(OC)c(OC)c1)C(=Cc1ccc(OC)c(OC)c1)[NH2+][CH2-]. The summed E-state index contributed by atoms with van der Waals surface area (Å²) in [6, 6.07) is 11.5. The largest absolute Gasteiger partial charge is 0.493 e. The quantitative estimate of drug-likeness (QED) is 0.511. The predicted octanol–water partition coefficient (Wildman–Crippen LogP) is 1.81. The van der Waals surface area contributed by atoms with Crippen LogP contribution in [-0.4, -0.2) is 28.4 Å². The van der Waals surface area contributed by atoms with Gasteiger partial charge in [-0.3, -0.25) is 0 Å². The lowest BCUT2D eigenvalue weighted by atomic mass is 10.1. The van der Waals surface area contributed by atoms with Crippen LogP contribution in [0.2, 0.25) is 0 Å². The molecule has 150 valence electrons. The average Bonchev–Trinajstić information content (AvgIpc) is 2.75. The number of rotatable bonds is 9. The van der Waals surface area contributed by atoms with Gasteiger partial charge < -0.3 is 29.6 Å². The van der Waals surface area contributed by atoms with Crippen LogP contribution in [0, 0.1) is 14.1 Å². The van der Waals surface area contributed by atoms with Crippen molar-refractivity contribution in [2.45, 2.75) is 0 Å². The third kappa shape index (κ3) is 5.06. The molecule has 0 aliphatic rings. The molecule has 0 heterocycles. The summed E-state index contributed by atoms with van der Waals surface area (Å²) < 4.78 is 21.4. The van der Waals surface area contributed by atoms with Gasteiger partial charge in [-0.25, -0.2) is 0 Å². The van der Waals surface area contributed by atoms with Gasteiger partial charge in [0.25, 0.3) is 0 Å². The van der Waals surface area contributed by atoms with Gasteiger partial charge in [0.1, 0.15) is 0 Å². The maximum Gasteiger partial charge on any atom is 0.163 e. The third-order valence-electron chi connectivity index (χ3n) is 4.23. The minimum absolute atomic E-state index is 0.670. The highest BCUT2D eigenvalue weighted by molar-refractivity contribution is 5.64. The molecule has 0 fully saturated rings. The fraction of sp³-hybridized carbons (Fsp3) is 0.182. The second kappa shape index (κ2) is 10.4. The van der Waals surface area contributed by atoms with Crippen molar-refractivity contribution in [3.8, 4) is 23.0 Å². The molecule has 0 spiro atoms. The number of hydrogen-bond donors (Lipinski definition) is 2. The first kappa shape index (κ1) is 21.3. The lowest BCUT2D eigenvalue weighted by Gasteiger charge is -2.12. The highest BCUT2D eigenvalue weighted by atomic mass is 16.5. The summed E-state index contributed by atoms with van der Waals surface area (Å²) in [7, 11) is 14.4. The van der Waals surface area contributed by atoms with Crippen LogP contribution in [0.1, 0.15) is 11.1 Å². The van der Waals surface area contributed by atoms with Crippen LogP contribution >= 0.6 is 0 Å². The van der Waals surface area contributed by atoms with Gasteiger partial charge in [0.05, 0.1) is 28.4 Å². The minimum atomic E-state index is 0.670. The van der Waals surface area contributed by atoms with Crippen molar-refractivity contribution in [1.29, 1.82) is 0 Å². The third-order valence-corrected chi connectivity index (χ3v) is 4.23. The van der Waals surface area contributed by atoms with E-state index in [0.717, 1.165) is 22.5 Å². The van der Waals surface area contributed by atoms with E-state index in [2.05, 4.69) is 14.1 Å². The van der Waals surface area contributed by atoms with Crippen LogP contribution in [0.25, 0.3) is 12.2 Å². The van der Waals surface area contributed by atoms with Gasteiger partial charge in [-0.2, -0.15) is 0 Å². The Kier molecular flexibility index (Phi) is 7.92. The lowest BCUT2D eigenvalue weighted by Crippen LogP contribution is -2.84. The summed E-state index contributed by atoms with van der Waals surface area (Å²) in [5.74, 6) is 2.71. The molecular formula is C22H28N2O4. The normalized spacial score (nSPS) is 11.9. The van der Waals surface area contributed by atoms with Gasteiger partial charge in [-0.15, -0.1) is 14.1 Å². The van der Waals surface area contributed by atoms with E-state index in [1.54, 1.807) is 39.1 Å². The van der Waals surface area contributed by atoms with E-state index in [9.17, 15) is 0 Å². The van der Waals surface area contributed by atoms with Gasteiger partial charge in [-0.1, -0.05) is 12.1 Å². The number of ether oxygens (including phenoxy) is 4. The number of benzene rings is 2. The summed E-state index contributed by atoms with van der Waals surface area (Å²) in [5, 5.41) is 3.59. The standard InChI is InChI=1S/C22H28N2O4/c1-23-17(11-15-7-9-19(25-3)21(13-15)27-5)18(24-2)12-16-8-10-20(26-4)22(14-16)28-6/h7-14H,1-2,23-24H2,3-6H3. The second-order valence-corrected chi connectivity index (χ2v) is 5.84. The van der Waals surface area contributed by atoms with Crippen molar-refractivity contribution in [2.75, 3.05) is 28.4 Å². The van der Waals surface area contributed by atoms with Crippen molar-refractivity contribution in [2.24, 2.45) is 0 Å². The maximum absolute atomic E-state index is 5.38. The van der Waals surface area contributed by atoms with Crippen LogP contribution in [0.15, 0.2) is 47.8 Å². The van der Waals surface area contributed by atoms with Crippen LogP contribution in [0.5, 0.6) is 23.0 Å². The lowest BCUT2D eigenvalue weighted by molar-refractivity contribution is -0.594. The van der Waals surface area contributed by atoms with Crippen LogP contribution in [-0.2, 0) is 0 Å². The minimum Gasteiger partial charge on any atom is -0.493 e. The van der Waals surface area contributed by atoms with Crippen LogP contribution in [0.3, 0.4) is 0 Å². The second-order valence-electron chi connectivity index (χ2n) is 5.84. The molecule has 0 aliphatic heterocycles. The molecule has 6 nitrogen and oxygen atoms in total. The van der Waals surface area contributed by atoms with Gasteiger partial charge in [0.2, 0.25) is 0 Å². The fourth-order valence-corrected chi connectivity index (χ4v) is 2.76. The molecule has 4 N–H and O–H groups in total. The molecule has 2 aromatic rings. The number of quaternary nitrogens is 2. The molecular weight excluding hydrogens is 356 g/mol. The number of hydrogen-bond acceptors (Lipinski definition) is 4. The molecule has 0 saturated carbocycles. The van der Waals surface area contributed by atoms with Gasteiger partial charge in [0.15, 0.2) is 34.4 Å². The van der Waals surface area contributed by atoms with Crippen molar-refractivity contribution in [3.63, 3.8) is 0 Å². The van der Waals surface area contributed by atoms with Gasteiger partial charge in [0, 0.05) is 12.2 Å². The molecule has 0 aliphatic carbocycles. The van der Waals surface area contributed by atoms with E-state index in [4.69, 9.17) is 18.9 Å². The van der Waals surface area contributed by atoms with Gasteiger partial charge >= 0.3 is 0 Å². The van der Waals surface area contributed by atoms with Crippen molar-refractivity contribution >= 4 is 12.2 Å². The van der Waals surface area contributed by atoms with Gasteiger partial charge in [-0.05, 0) is 35.4 Å². The molecule has 0 radical (unpaired) electrons. The Balaban J connectivity index is 2.42. The van der Waals surface area contributed by atoms with Crippen molar-refractivity contribution in [1.82, 2.24) is 0 Å². The molecule has 0 aromatic heterocycles. The Morgan fingerprint density at radius 3 is 1.29 bits per heavy atom. The zero-order valence-corrected chi connectivity index (χ0v) is 16.8. The number of methoxy groups -OCH3 is 4. The van der Waals surface area contributed by atoms with Crippen LogP contribution in [0.4, 0.5) is 0 Å². The Morgan fingerprint density at radius 2 is 1.00 bits per heavy atom. The van der Waals surface area contributed by atoms with Crippen LogP contribution < -0.4 is 29.6 Å². The Labute approximate surface area is 166 Å². The van der Waals surface area contributed by atoms with E-state index < -0.39 is 0 Å². The zero-order chi connectivity index (χ0) is 20.5. The summed E-state index contributed by atoms with van der Waals surface area (Å²) in [4.78, 5) is 0. The predicted molar refractivity (Wildman–Crippen MR) is 110 cm³/mol. The fourth-order valence-electron chi connectivity index (χ4n) is 2.76. The molecule has 2 rings (SSSR count). The summed E-state index contributed by atoms with van der Waals surface area (Å²) >= 11 is 0. The zero-order valence-electron chi connectivity index (χ0n) is 16.8.